The van der Waals surface area contributed by atoms with Crippen LogP contribution in [0.4, 0.5) is 5.95 Å². The van der Waals surface area contributed by atoms with Gasteiger partial charge in [-0.25, -0.2) is 23.5 Å². The lowest BCUT2D eigenvalue weighted by atomic mass is 10.1. The second-order valence-electron chi connectivity index (χ2n) is 7.33. The first-order chi connectivity index (χ1) is 16.2. The molecular weight excluding hydrogens is 456 g/mol. The minimum atomic E-state index is -3.74. The van der Waals surface area contributed by atoms with Crippen LogP contribution in [0, 0.1) is 0 Å². The number of hydrogen-bond donors (Lipinski definition) is 3. The Balaban J connectivity index is 1.61. The van der Waals surface area contributed by atoms with Gasteiger partial charge in [-0.05, 0) is 48.9 Å². The van der Waals surface area contributed by atoms with E-state index in [4.69, 9.17) is 15.6 Å². The maximum Gasteiger partial charge on any atom is 0.248 e. The summed E-state index contributed by atoms with van der Waals surface area (Å²) in [6, 6.07) is 16.7. The molecule has 34 heavy (non-hydrogen) atoms. The van der Waals surface area contributed by atoms with E-state index in [9.17, 15) is 13.2 Å². The molecule has 0 spiro atoms. The molecule has 0 unspecified atom stereocenters. The first-order valence-electron chi connectivity index (χ1n) is 10.3. The number of ether oxygens (including phenoxy) is 1. The molecule has 0 aliphatic carbocycles. The van der Waals surface area contributed by atoms with E-state index in [1.165, 1.54) is 12.1 Å². The van der Waals surface area contributed by atoms with Gasteiger partial charge in [-0.1, -0.05) is 24.3 Å². The van der Waals surface area contributed by atoms with E-state index in [-0.39, 0.29) is 4.90 Å². The zero-order valence-electron chi connectivity index (χ0n) is 18.2. The normalized spacial score (nSPS) is 11.4. The number of primary sulfonamides is 1. The number of hydrogen-bond acceptors (Lipinski definition) is 8. The van der Waals surface area contributed by atoms with Crippen LogP contribution in [0.15, 0.2) is 65.6 Å². The molecule has 1 amide bonds. The highest BCUT2D eigenvalue weighted by Crippen LogP contribution is 2.27. The van der Waals surface area contributed by atoms with Crippen molar-refractivity contribution in [3.8, 4) is 17.1 Å². The molecule has 174 valence electrons. The van der Waals surface area contributed by atoms with E-state index in [0.29, 0.717) is 47.3 Å². The van der Waals surface area contributed by atoms with Crippen LogP contribution in [-0.4, -0.2) is 35.9 Å². The van der Waals surface area contributed by atoms with Gasteiger partial charge in [-0.15, -0.1) is 0 Å². The zero-order valence-corrected chi connectivity index (χ0v) is 19.0. The first kappa shape index (κ1) is 23.1. The van der Waals surface area contributed by atoms with Gasteiger partial charge in [-0.2, -0.15) is 4.98 Å². The van der Waals surface area contributed by atoms with E-state index < -0.39 is 15.9 Å². The number of carbonyl (C=O) groups excluding carboxylic acids is 1. The van der Waals surface area contributed by atoms with Gasteiger partial charge in [0.1, 0.15) is 0 Å². The fourth-order valence-corrected chi connectivity index (χ4v) is 3.76. The average molecular weight is 479 g/mol. The molecular formula is C23H22N6O4S. The van der Waals surface area contributed by atoms with Gasteiger partial charge in [0.2, 0.25) is 27.8 Å². The number of anilines is 1. The number of pyridine rings is 1. The van der Waals surface area contributed by atoms with Crippen LogP contribution in [0.5, 0.6) is 5.88 Å². The van der Waals surface area contributed by atoms with Crippen molar-refractivity contribution in [2.75, 3.05) is 11.9 Å². The fourth-order valence-electron chi connectivity index (χ4n) is 3.25. The molecule has 0 aliphatic rings. The highest BCUT2D eigenvalue weighted by atomic mass is 32.2. The molecule has 11 heteroatoms. The predicted molar refractivity (Wildman–Crippen MR) is 128 cm³/mol. The third-order valence-electron chi connectivity index (χ3n) is 4.96. The van der Waals surface area contributed by atoms with E-state index in [1.54, 1.807) is 36.4 Å². The van der Waals surface area contributed by atoms with Gasteiger partial charge in [0.05, 0.1) is 22.7 Å². The van der Waals surface area contributed by atoms with Gasteiger partial charge in [0.15, 0.2) is 5.52 Å². The van der Waals surface area contributed by atoms with Crippen molar-refractivity contribution in [2.45, 2.75) is 18.4 Å². The summed E-state index contributed by atoms with van der Waals surface area (Å²) < 4.78 is 28.5. The number of primary amides is 1. The molecule has 2 aromatic carbocycles. The van der Waals surface area contributed by atoms with Crippen LogP contribution < -0.4 is 20.9 Å². The third kappa shape index (κ3) is 5.11. The summed E-state index contributed by atoms with van der Waals surface area (Å²) >= 11 is 0. The van der Waals surface area contributed by atoms with Gasteiger partial charge < -0.3 is 15.8 Å². The SMILES string of the molecule is CCOc1nc(NCc2ccc(S(N)(=O)=O)cc2)nc2ccc(-c3ccc(C(N)=O)cc3)nc12. The molecule has 2 heterocycles. The fraction of sp³-hybridized carbons (Fsp3) is 0.130. The van der Waals surface area contributed by atoms with Crippen molar-refractivity contribution in [3.05, 3.63) is 71.8 Å². The standard InChI is InChI=1S/C23H22N6O4S/c1-2-33-22-20-19(12-11-18(27-20)15-5-7-16(8-6-15)21(24)30)28-23(29-22)26-13-14-3-9-17(10-4-14)34(25,31)32/h3-12H,2,13H2,1H3,(H2,24,30)(H2,25,31,32)(H,26,28,29). The van der Waals surface area contributed by atoms with Gasteiger partial charge >= 0.3 is 0 Å². The molecule has 2 aromatic heterocycles. The van der Waals surface area contributed by atoms with Gasteiger partial charge in [-0.3, -0.25) is 4.79 Å². The first-order valence-corrected chi connectivity index (χ1v) is 11.9. The molecule has 5 N–H and O–H groups in total. The van der Waals surface area contributed by atoms with E-state index in [0.717, 1.165) is 11.1 Å². The quantitative estimate of drug-likeness (QED) is 0.348. The third-order valence-corrected chi connectivity index (χ3v) is 5.89. The molecule has 0 bridgehead atoms. The van der Waals surface area contributed by atoms with Crippen molar-refractivity contribution in [1.82, 2.24) is 15.0 Å². The Morgan fingerprint density at radius 3 is 2.29 bits per heavy atom. The Kier molecular flexibility index (Phi) is 6.39. The number of nitrogens with zero attached hydrogens (tertiary/aromatic N) is 3. The Bertz CT molecular complexity index is 1460. The monoisotopic (exact) mass is 478 g/mol. The number of rotatable bonds is 8. The molecule has 0 radical (unpaired) electrons. The number of benzene rings is 2. The van der Waals surface area contributed by atoms with Crippen LogP contribution in [-0.2, 0) is 16.6 Å². The van der Waals surface area contributed by atoms with Crippen molar-refractivity contribution in [3.63, 3.8) is 0 Å². The number of nitrogens with two attached hydrogens (primary N) is 2. The van der Waals surface area contributed by atoms with E-state index in [1.807, 2.05) is 19.1 Å². The number of amides is 1. The summed E-state index contributed by atoms with van der Waals surface area (Å²) in [5.41, 5.74) is 9.11. The summed E-state index contributed by atoms with van der Waals surface area (Å²) in [7, 11) is -3.74. The predicted octanol–water partition coefficient (Wildman–Crippen LogP) is 2.45. The largest absolute Gasteiger partial charge is 0.476 e. The van der Waals surface area contributed by atoms with Gasteiger partial charge in [0, 0.05) is 17.7 Å². The average Bonchev–Trinajstić information content (AvgIpc) is 2.82. The number of aromatic nitrogens is 3. The topological polar surface area (TPSA) is 163 Å². The Morgan fingerprint density at radius 2 is 1.68 bits per heavy atom. The van der Waals surface area contributed by atoms with E-state index in [2.05, 4.69) is 20.3 Å². The smallest absolute Gasteiger partial charge is 0.248 e. The molecule has 0 aliphatic heterocycles. The lowest BCUT2D eigenvalue weighted by Gasteiger charge is -2.11. The van der Waals surface area contributed by atoms with Crippen LogP contribution in [0.3, 0.4) is 0 Å². The van der Waals surface area contributed by atoms with Gasteiger partial charge in [0.25, 0.3) is 0 Å². The molecule has 4 aromatic rings. The number of sulfonamides is 1. The van der Waals surface area contributed by atoms with Crippen LogP contribution >= 0.6 is 0 Å². The second-order valence-corrected chi connectivity index (χ2v) is 8.90. The van der Waals surface area contributed by atoms with E-state index >= 15 is 0 Å². The summed E-state index contributed by atoms with van der Waals surface area (Å²) in [5.74, 6) is 0.174. The summed E-state index contributed by atoms with van der Waals surface area (Å²) in [4.78, 5) is 25.0. The maximum absolute atomic E-state index is 11.4. The maximum atomic E-state index is 11.4. The highest BCUT2D eigenvalue weighted by molar-refractivity contribution is 7.89. The molecule has 4 rings (SSSR count). The lowest BCUT2D eigenvalue weighted by molar-refractivity contribution is 0.100. The second kappa shape index (κ2) is 9.41. The Morgan fingerprint density at radius 1 is 0.971 bits per heavy atom. The summed E-state index contributed by atoms with van der Waals surface area (Å²) in [6.45, 7) is 2.60. The molecule has 0 atom stereocenters. The number of fused-ring (bicyclic) bond motifs is 1. The van der Waals surface area contributed by atoms with Crippen LogP contribution in [0.25, 0.3) is 22.3 Å². The van der Waals surface area contributed by atoms with Crippen molar-refractivity contribution >= 4 is 32.9 Å². The summed E-state index contributed by atoms with van der Waals surface area (Å²) in [6.07, 6.45) is 0. The highest BCUT2D eigenvalue weighted by Gasteiger charge is 2.13. The lowest BCUT2D eigenvalue weighted by Crippen LogP contribution is -2.12. The minimum absolute atomic E-state index is 0.0444. The minimum Gasteiger partial charge on any atom is -0.476 e. The molecule has 0 saturated carbocycles. The zero-order chi connectivity index (χ0) is 24.3. The van der Waals surface area contributed by atoms with Crippen molar-refractivity contribution in [2.24, 2.45) is 10.9 Å². The Labute approximate surface area is 196 Å². The van der Waals surface area contributed by atoms with Crippen molar-refractivity contribution < 1.29 is 17.9 Å². The van der Waals surface area contributed by atoms with Crippen LogP contribution in [0.1, 0.15) is 22.8 Å². The van der Waals surface area contributed by atoms with Crippen molar-refractivity contribution in [1.29, 1.82) is 0 Å². The molecule has 10 nitrogen and oxygen atoms in total. The number of nitrogens with one attached hydrogen (secondary N) is 1. The summed E-state index contributed by atoms with van der Waals surface area (Å²) in [5, 5.41) is 8.25. The number of carbonyl (C=O) groups is 1. The van der Waals surface area contributed by atoms with Crippen LogP contribution in [0.2, 0.25) is 0 Å². The molecule has 0 saturated heterocycles. The molecule has 0 fully saturated rings. The Hall–Kier alpha value is -4.09.